The van der Waals surface area contributed by atoms with Gasteiger partial charge in [-0.25, -0.2) is 14.1 Å². The molecule has 1 N–H and O–H groups in total. The zero-order chi connectivity index (χ0) is 25.1. The van der Waals surface area contributed by atoms with E-state index in [0.717, 1.165) is 4.90 Å². The molecule has 1 aliphatic rings. The first kappa shape index (κ1) is 24.4. The summed E-state index contributed by atoms with van der Waals surface area (Å²) in [5.41, 5.74) is 0.930. The number of benzene rings is 3. The van der Waals surface area contributed by atoms with Crippen LogP contribution in [-0.4, -0.2) is 25.0 Å². The van der Waals surface area contributed by atoms with Gasteiger partial charge in [0.05, 0.1) is 22.3 Å². The van der Waals surface area contributed by atoms with Crippen LogP contribution >= 0.6 is 27.5 Å². The van der Waals surface area contributed by atoms with Crippen LogP contribution in [0.1, 0.15) is 11.1 Å². The standard InChI is InChI=1S/C25H17BrClFN2O5/c1-34-21-12-15(11-18(26)22(21)35-13-14-5-4-6-16(28)9-14)10-17-23(31)29-25(33)30(24(17)32)20-8-3-2-7-19(20)27/h2-12H,13H2,1H3,(H,29,31,33)/b17-10+. The van der Waals surface area contributed by atoms with E-state index in [9.17, 15) is 18.8 Å². The van der Waals surface area contributed by atoms with Crippen molar-refractivity contribution in [3.05, 3.63) is 92.7 Å². The summed E-state index contributed by atoms with van der Waals surface area (Å²) in [6, 6.07) is 14.6. The molecule has 178 valence electrons. The number of hydrogen-bond acceptors (Lipinski definition) is 5. The zero-order valence-electron chi connectivity index (χ0n) is 18.2. The van der Waals surface area contributed by atoms with Crippen molar-refractivity contribution >= 4 is 57.1 Å². The van der Waals surface area contributed by atoms with Crippen LogP contribution in [0.4, 0.5) is 14.9 Å². The van der Waals surface area contributed by atoms with Gasteiger partial charge in [0.1, 0.15) is 18.0 Å². The van der Waals surface area contributed by atoms with Gasteiger partial charge in [0.2, 0.25) is 0 Å². The van der Waals surface area contributed by atoms with E-state index in [0.29, 0.717) is 27.1 Å². The molecule has 0 atom stereocenters. The molecule has 35 heavy (non-hydrogen) atoms. The summed E-state index contributed by atoms with van der Waals surface area (Å²) in [5.74, 6) is -1.38. The van der Waals surface area contributed by atoms with Crippen LogP contribution in [0.15, 0.2) is 70.7 Å². The fourth-order valence-corrected chi connectivity index (χ4v) is 4.22. The number of methoxy groups -OCH3 is 1. The number of urea groups is 1. The Labute approximate surface area is 213 Å². The van der Waals surface area contributed by atoms with Crippen LogP contribution in [-0.2, 0) is 16.2 Å². The molecule has 4 amide bonds. The van der Waals surface area contributed by atoms with E-state index in [1.54, 1.807) is 36.4 Å². The highest BCUT2D eigenvalue weighted by molar-refractivity contribution is 9.10. The lowest BCUT2D eigenvalue weighted by molar-refractivity contribution is -0.122. The largest absolute Gasteiger partial charge is 0.493 e. The Morgan fingerprint density at radius 2 is 1.86 bits per heavy atom. The molecule has 1 fully saturated rings. The number of nitrogens with zero attached hydrogens (tertiary/aromatic N) is 1. The summed E-state index contributed by atoms with van der Waals surface area (Å²) in [7, 11) is 1.43. The highest BCUT2D eigenvalue weighted by atomic mass is 79.9. The van der Waals surface area contributed by atoms with Crippen LogP contribution in [0.3, 0.4) is 0 Å². The van der Waals surface area contributed by atoms with Crippen molar-refractivity contribution in [1.29, 1.82) is 0 Å². The predicted octanol–water partition coefficient (Wildman–Crippen LogP) is 5.50. The van der Waals surface area contributed by atoms with Gasteiger partial charge in [-0.15, -0.1) is 0 Å². The fourth-order valence-electron chi connectivity index (χ4n) is 3.42. The number of carbonyl (C=O) groups is 3. The highest BCUT2D eigenvalue weighted by Gasteiger charge is 2.37. The number of imide groups is 2. The molecular formula is C25H17BrClFN2O5. The summed E-state index contributed by atoms with van der Waals surface area (Å²) < 4.78 is 25.2. The highest BCUT2D eigenvalue weighted by Crippen LogP contribution is 2.38. The molecule has 3 aromatic rings. The summed E-state index contributed by atoms with van der Waals surface area (Å²) in [6.07, 6.45) is 1.33. The normalized spacial score (nSPS) is 14.8. The van der Waals surface area contributed by atoms with Crippen LogP contribution in [0.25, 0.3) is 6.08 Å². The van der Waals surface area contributed by atoms with Crippen molar-refractivity contribution in [2.45, 2.75) is 6.61 Å². The fraction of sp³-hybridized carbons (Fsp3) is 0.0800. The average molecular weight is 560 g/mol. The summed E-state index contributed by atoms with van der Waals surface area (Å²) in [6.45, 7) is 0.0863. The second-order valence-electron chi connectivity index (χ2n) is 7.36. The van der Waals surface area contributed by atoms with Gasteiger partial charge in [-0.3, -0.25) is 14.9 Å². The van der Waals surface area contributed by atoms with E-state index in [4.69, 9.17) is 21.1 Å². The lowest BCUT2D eigenvalue weighted by atomic mass is 10.1. The maximum atomic E-state index is 13.5. The van der Waals surface area contributed by atoms with E-state index >= 15 is 0 Å². The Kier molecular flexibility index (Phi) is 7.18. The van der Waals surface area contributed by atoms with Crippen molar-refractivity contribution in [2.24, 2.45) is 0 Å². The van der Waals surface area contributed by atoms with Crippen molar-refractivity contribution in [1.82, 2.24) is 5.32 Å². The maximum absolute atomic E-state index is 13.5. The molecule has 0 aliphatic carbocycles. The molecular weight excluding hydrogens is 543 g/mol. The van der Waals surface area contributed by atoms with Gasteiger partial charge < -0.3 is 9.47 Å². The van der Waals surface area contributed by atoms with Crippen LogP contribution in [0.2, 0.25) is 5.02 Å². The van der Waals surface area contributed by atoms with E-state index in [1.807, 2.05) is 0 Å². The first-order valence-corrected chi connectivity index (χ1v) is 11.4. The monoisotopic (exact) mass is 558 g/mol. The van der Waals surface area contributed by atoms with Crippen molar-refractivity contribution in [2.75, 3.05) is 12.0 Å². The Bertz CT molecular complexity index is 1380. The third kappa shape index (κ3) is 5.21. The molecule has 0 saturated carbocycles. The summed E-state index contributed by atoms with van der Waals surface area (Å²) in [5, 5.41) is 2.33. The van der Waals surface area contributed by atoms with E-state index in [-0.39, 0.29) is 28.7 Å². The first-order chi connectivity index (χ1) is 16.8. The molecule has 0 radical (unpaired) electrons. The minimum atomic E-state index is -0.898. The van der Waals surface area contributed by atoms with Crippen LogP contribution in [0.5, 0.6) is 11.5 Å². The Morgan fingerprint density at radius 3 is 2.57 bits per heavy atom. The number of hydrogen-bond donors (Lipinski definition) is 1. The molecule has 0 spiro atoms. The summed E-state index contributed by atoms with van der Waals surface area (Å²) in [4.78, 5) is 38.8. The number of para-hydroxylation sites is 1. The number of halogens is 3. The zero-order valence-corrected chi connectivity index (χ0v) is 20.5. The SMILES string of the molecule is COc1cc(/C=C2\C(=O)NC(=O)N(c3ccccc3Cl)C2=O)cc(Br)c1OCc1cccc(F)c1. The third-order valence-electron chi connectivity index (χ3n) is 5.03. The van der Waals surface area contributed by atoms with Gasteiger partial charge in [0.25, 0.3) is 11.8 Å². The number of amides is 4. The molecule has 1 aliphatic heterocycles. The van der Waals surface area contributed by atoms with Crippen molar-refractivity contribution in [3.8, 4) is 11.5 Å². The van der Waals surface area contributed by atoms with E-state index < -0.39 is 17.8 Å². The second-order valence-corrected chi connectivity index (χ2v) is 8.62. The molecule has 0 aromatic heterocycles. The van der Waals surface area contributed by atoms with E-state index in [2.05, 4.69) is 21.2 Å². The maximum Gasteiger partial charge on any atom is 0.335 e. The number of anilines is 1. The average Bonchev–Trinajstić information content (AvgIpc) is 2.82. The number of nitrogens with one attached hydrogen (secondary N) is 1. The Balaban J connectivity index is 1.65. The minimum absolute atomic E-state index is 0.0863. The Morgan fingerprint density at radius 1 is 1.09 bits per heavy atom. The lowest BCUT2D eigenvalue weighted by Gasteiger charge is -2.27. The number of ether oxygens (including phenoxy) is 2. The van der Waals surface area contributed by atoms with Crippen molar-refractivity contribution < 1.29 is 28.2 Å². The molecule has 0 unspecified atom stereocenters. The van der Waals surface area contributed by atoms with Crippen LogP contribution in [0, 0.1) is 5.82 Å². The van der Waals surface area contributed by atoms with Gasteiger partial charge in [-0.1, -0.05) is 35.9 Å². The van der Waals surface area contributed by atoms with Gasteiger partial charge in [-0.05, 0) is 69.5 Å². The lowest BCUT2D eigenvalue weighted by Crippen LogP contribution is -2.54. The topological polar surface area (TPSA) is 84.9 Å². The second kappa shape index (κ2) is 10.3. The van der Waals surface area contributed by atoms with Gasteiger partial charge in [-0.2, -0.15) is 0 Å². The van der Waals surface area contributed by atoms with Gasteiger partial charge in [0.15, 0.2) is 11.5 Å². The van der Waals surface area contributed by atoms with Crippen LogP contribution < -0.4 is 19.7 Å². The smallest absolute Gasteiger partial charge is 0.335 e. The van der Waals surface area contributed by atoms with E-state index in [1.165, 1.54) is 37.5 Å². The number of rotatable bonds is 6. The van der Waals surface area contributed by atoms with Gasteiger partial charge in [0, 0.05) is 0 Å². The summed E-state index contributed by atoms with van der Waals surface area (Å²) >= 11 is 9.57. The number of barbiturate groups is 1. The quantitative estimate of drug-likeness (QED) is 0.319. The molecule has 10 heteroatoms. The Hall–Kier alpha value is -3.69. The predicted molar refractivity (Wildman–Crippen MR) is 132 cm³/mol. The molecule has 7 nitrogen and oxygen atoms in total. The molecule has 1 heterocycles. The molecule has 4 rings (SSSR count). The number of carbonyl (C=O) groups excluding carboxylic acids is 3. The molecule has 1 saturated heterocycles. The molecule has 0 bridgehead atoms. The van der Waals surface area contributed by atoms with Gasteiger partial charge >= 0.3 is 6.03 Å². The third-order valence-corrected chi connectivity index (χ3v) is 5.94. The van der Waals surface area contributed by atoms with Crippen molar-refractivity contribution in [3.63, 3.8) is 0 Å². The minimum Gasteiger partial charge on any atom is -0.493 e. The first-order valence-electron chi connectivity index (χ1n) is 10.2. The molecule has 3 aromatic carbocycles.